The summed E-state index contributed by atoms with van der Waals surface area (Å²) in [4.78, 5) is 12.7. The first-order valence-electron chi connectivity index (χ1n) is 8.61. The van der Waals surface area contributed by atoms with E-state index < -0.39 is 0 Å². The Balaban J connectivity index is 1.84. The molecule has 0 aliphatic heterocycles. The minimum absolute atomic E-state index is 0.0343. The Labute approximate surface area is 155 Å². The lowest BCUT2D eigenvalue weighted by Crippen LogP contribution is -2.24. The van der Waals surface area contributed by atoms with E-state index in [1.54, 1.807) is 18.5 Å². The summed E-state index contributed by atoms with van der Waals surface area (Å²) in [5, 5.41) is 13.0. The number of nitrogens with two attached hydrogens (primary N) is 1. The molecule has 4 rings (SSSR count). The van der Waals surface area contributed by atoms with Crippen LogP contribution in [0.15, 0.2) is 47.9 Å². The van der Waals surface area contributed by atoms with Gasteiger partial charge in [0.25, 0.3) is 0 Å². The number of oxime groups is 1. The molecule has 1 aliphatic rings. The van der Waals surface area contributed by atoms with Crippen LogP contribution in [0.4, 0.5) is 10.3 Å². The molecule has 1 aliphatic carbocycles. The quantitative estimate of drug-likeness (QED) is 0.537. The van der Waals surface area contributed by atoms with Crippen LogP contribution in [0.2, 0.25) is 0 Å². The van der Waals surface area contributed by atoms with Gasteiger partial charge < -0.3 is 10.9 Å². The van der Waals surface area contributed by atoms with Crippen LogP contribution < -0.4 is 5.73 Å². The Morgan fingerprint density at radius 2 is 2.07 bits per heavy atom. The fourth-order valence-electron chi connectivity index (χ4n) is 3.79. The fourth-order valence-corrected chi connectivity index (χ4v) is 3.79. The first kappa shape index (κ1) is 17.1. The van der Waals surface area contributed by atoms with Gasteiger partial charge >= 0.3 is 0 Å². The zero-order valence-electron chi connectivity index (χ0n) is 14.7. The highest BCUT2D eigenvalue weighted by Gasteiger charge is 2.30. The molecule has 0 radical (unpaired) electrons. The summed E-state index contributed by atoms with van der Waals surface area (Å²) in [6.07, 6.45) is 4.48. The highest BCUT2D eigenvalue weighted by Crippen LogP contribution is 2.38. The Hall–Kier alpha value is -3.35. The molecular weight excluding hydrogens is 345 g/mol. The number of anilines is 1. The van der Waals surface area contributed by atoms with Crippen molar-refractivity contribution >= 4 is 11.7 Å². The minimum Gasteiger partial charge on any atom is -0.411 e. The molecule has 0 saturated carbocycles. The van der Waals surface area contributed by atoms with E-state index in [1.165, 1.54) is 12.1 Å². The van der Waals surface area contributed by atoms with Crippen LogP contribution >= 0.6 is 0 Å². The Morgan fingerprint density at radius 3 is 2.81 bits per heavy atom. The highest BCUT2D eigenvalue weighted by atomic mass is 19.1. The standard InChI is InChI=1S/C20H18FN5O/c1-11-19-17(25-20(22)24-11)7-13(8-18(19)26-27)15-5-4-14(21)9-16(15)12-3-2-6-23-10-12/h2-6,9-10,13,27H,7-8H2,1H3,(H2,22,24,25)/b26-18-/t13-/m0/s1. The van der Waals surface area contributed by atoms with E-state index in [9.17, 15) is 9.60 Å². The van der Waals surface area contributed by atoms with Crippen molar-refractivity contribution in [2.45, 2.75) is 25.7 Å². The first-order valence-corrected chi connectivity index (χ1v) is 8.61. The van der Waals surface area contributed by atoms with Crippen molar-refractivity contribution in [2.75, 3.05) is 5.73 Å². The molecule has 3 N–H and O–H groups in total. The maximum atomic E-state index is 14.0. The van der Waals surface area contributed by atoms with Gasteiger partial charge in [-0.15, -0.1) is 0 Å². The molecule has 2 aromatic heterocycles. The zero-order valence-corrected chi connectivity index (χ0v) is 14.7. The predicted octanol–water partition coefficient (Wildman–Crippen LogP) is 3.48. The molecular formula is C20H18FN5O. The average molecular weight is 363 g/mol. The molecule has 0 bridgehead atoms. The van der Waals surface area contributed by atoms with Crippen molar-refractivity contribution in [3.8, 4) is 11.1 Å². The summed E-state index contributed by atoms with van der Waals surface area (Å²) in [6, 6.07) is 8.45. The largest absolute Gasteiger partial charge is 0.411 e. The summed E-state index contributed by atoms with van der Waals surface area (Å²) in [6.45, 7) is 1.82. The molecule has 136 valence electrons. The van der Waals surface area contributed by atoms with Crippen molar-refractivity contribution in [3.05, 3.63) is 71.1 Å². The first-order chi connectivity index (χ1) is 13.1. The van der Waals surface area contributed by atoms with Crippen LogP contribution in [-0.2, 0) is 6.42 Å². The normalized spacial score (nSPS) is 17.7. The third kappa shape index (κ3) is 3.12. The molecule has 3 aromatic rings. The molecule has 0 fully saturated rings. The van der Waals surface area contributed by atoms with Gasteiger partial charge in [-0.05, 0) is 48.6 Å². The lowest BCUT2D eigenvalue weighted by atomic mass is 9.78. The summed E-state index contributed by atoms with van der Waals surface area (Å²) < 4.78 is 14.0. The Bertz CT molecular complexity index is 1040. The number of fused-ring (bicyclic) bond motifs is 1. The number of aryl methyl sites for hydroxylation is 1. The molecule has 0 saturated heterocycles. The SMILES string of the molecule is Cc1nc(N)nc2c1/C(=N\O)C[C@@H](c1ccc(F)cc1-c1cccnc1)C2. The van der Waals surface area contributed by atoms with E-state index in [2.05, 4.69) is 20.1 Å². The Morgan fingerprint density at radius 1 is 1.22 bits per heavy atom. The summed E-state index contributed by atoms with van der Waals surface area (Å²) in [5.41, 5.74) is 11.1. The second-order valence-corrected chi connectivity index (χ2v) is 6.61. The zero-order chi connectivity index (χ0) is 19.0. The van der Waals surface area contributed by atoms with Crippen molar-refractivity contribution in [3.63, 3.8) is 0 Å². The van der Waals surface area contributed by atoms with E-state index in [0.29, 0.717) is 24.2 Å². The topological polar surface area (TPSA) is 97.3 Å². The van der Waals surface area contributed by atoms with E-state index in [1.807, 2.05) is 19.1 Å². The summed E-state index contributed by atoms with van der Waals surface area (Å²) >= 11 is 0. The van der Waals surface area contributed by atoms with Crippen LogP contribution in [0.1, 0.15) is 34.9 Å². The number of hydrogen-bond acceptors (Lipinski definition) is 6. The predicted molar refractivity (Wildman–Crippen MR) is 100 cm³/mol. The van der Waals surface area contributed by atoms with Crippen LogP contribution in [0.3, 0.4) is 0 Å². The van der Waals surface area contributed by atoms with Gasteiger partial charge in [-0.3, -0.25) is 4.98 Å². The number of nitrogens with zero attached hydrogens (tertiary/aromatic N) is 4. The van der Waals surface area contributed by atoms with E-state index in [4.69, 9.17) is 5.73 Å². The average Bonchev–Trinajstić information content (AvgIpc) is 2.67. The number of aromatic nitrogens is 3. The van der Waals surface area contributed by atoms with Crippen molar-refractivity contribution < 1.29 is 9.60 Å². The van der Waals surface area contributed by atoms with Crippen LogP contribution in [0.25, 0.3) is 11.1 Å². The molecule has 7 heteroatoms. The van der Waals surface area contributed by atoms with Crippen LogP contribution in [0, 0.1) is 12.7 Å². The van der Waals surface area contributed by atoms with Crippen molar-refractivity contribution in [1.29, 1.82) is 0 Å². The maximum absolute atomic E-state index is 14.0. The number of halogens is 1. The molecule has 1 aromatic carbocycles. The Kier molecular flexibility index (Phi) is 4.27. The van der Waals surface area contributed by atoms with Crippen molar-refractivity contribution in [2.24, 2.45) is 5.16 Å². The number of hydrogen-bond donors (Lipinski definition) is 2. The van der Waals surface area contributed by atoms with Crippen LogP contribution in [0.5, 0.6) is 0 Å². The number of nitrogen functional groups attached to an aromatic ring is 1. The molecule has 0 unspecified atom stereocenters. The van der Waals surface area contributed by atoms with E-state index in [-0.39, 0.29) is 17.7 Å². The van der Waals surface area contributed by atoms with Gasteiger partial charge in [0, 0.05) is 29.9 Å². The van der Waals surface area contributed by atoms with Crippen molar-refractivity contribution in [1.82, 2.24) is 15.0 Å². The lowest BCUT2D eigenvalue weighted by molar-refractivity contribution is 0.316. The van der Waals surface area contributed by atoms with Gasteiger partial charge in [-0.25, -0.2) is 14.4 Å². The number of rotatable bonds is 2. The van der Waals surface area contributed by atoms with Gasteiger partial charge in [-0.1, -0.05) is 17.3 Å². The monoisotopic (exact) mass is 363 g/mol. The van der Waals surface area contributed by atoms with Crippen LogP contribution in [-0.4, -0.2) is 25.9 Å². The van der Waals surface area contributed by atoms with E-state index in [0.717, 1.165) is 27.9 Å². The second-order valence-electron chi connectivity index (χ2n) is 6.61. The second kappa shape index (κ2) is 6.75. The minimum atomic E-state index is -0.313. The summed E-state index contributed by atoms with van der Waals surface area (Å²) in [5.74, 6) is -0.157. The highest BCUT2D eigenvalue weighted by molar-refractivity contribution is 6.03. The van der Waals surface area contributed by atoms with Gasteiger partial charge in [0.05, 0.1) is 17.1 Å². The third-order valence-corrected chi connectivity index (χ3v) is 4.90. The molecule has 27 heavy (non-hydrogen) atoms. The smallest absolute Gasteiger partial charge is 0.220 e. The van der Waals surface area contributed by atoms with Gasteiger partial charge in [0.1, 0.15) is 5.82 Å². The molecule has 6 nitrogen and oxygen atoms in total. The van der Waals surface area contributed by atoms with Gasteiger partial charge in [0.2, 0.25) is 5.95 Å². The lowest BCUT2D eigenvalue weighted by Gasteiger charge is -2.27. The third-order valence-electron chi connectivity index (χ3n) is 4.90. The maximum Gasteiger partial charge on any atom is 0.220 e. The number of pyridine rings is 1. The number of benzene rings is 1. The van der Waals surface area contributed by atoms with Gasteiger partial charge in [-0.2, -0.15) is 0 Å². The molecule has 0 spiro atoms. The molecule has 1 atom stereocenters. The van der Waals surface area contributed by atoms with E-state index >= 15 is 0 Å². The van der Waals surface area contributed by atoms with Gasteiger partial charge in [0.15, 0.2) is 0 Å². The molecule has 2 heterocycles. The summed E-state index contributed by atoms with van der Waals surface area (Å²) in [7, 11) is 0. The molecule has 0 amide bonds. The fraction of sp³-hybridized carbons (Fsp3) is 0.200.